The summed E-state index contributed by atoms with van der Waals surface area (Å²) in [6.07, 6.45) is 5.86. The molecular weight excluding hydrogens is 342 g/mol. The normalized spacial score (nSPS) is 14.1. The summed E-state index contributed by atoms with van der Waals surface area (Å²) >= 11 is 0. The Kier molecular flexibility index (Phi) is 4.26. The fourth-order valence-corrected chi connectivity index (χ4v) is 3.25. The van der Waals surface area contributed by atoms with E-state index in [2.05, 4.69) is 9.97 Å². The smallest absolute Gasteiger partial charge is 0.410 e. The molecule has 1 amide bonds. The Labute approximate surface area is 158 Å². The zero-order valence-electron chi connectivity index (χ0n) is 15.8. The lowest BCUT2D eigenvalue weighted by Crippen LogP contribution is -2.40. The van der Waals surface area contributed by atoms with Crippen LogP contribution in [-0.2, 0) is 17.7 Å². The molecule has 3 heterocycles. The highest BCUT2D eigenvalue weighted by atomic mass is 16.6. The van der Waals surface area contributed by atoms with Gasteiger partial charge in [-0.1, -0.05) is 0 Å². The number of carbonyl (C=O) groups excluding carboxylic acids is 1. The highest BCUT2D eigenvalue weighted by Crippen LogP contribution is 2.32. The van der Waals surface area contributed by atoms with Crippen LogP contribution in [0.25, 0.3) is 10.9 Å². The number of nitrogens with zero attached hydrogens (tertiary/aromatic N) is 2. The van der Waals surface area contributed by atoms with Crippen LogP contribution in [-0.4, -0.2) is 33.1 Å². The first-order valence-corrected chi connectivity index (χ1v) is 9.08. The van der Waals surface area contributed by atoms with Crippen LogP contribution in [0.15, 0.2) is 42.9 Å². The minimum absolute atomic E-state index is 0.294. The van der Waals surface area contributed by atoms with Crippen molar-refractivity contribution in [3.63, 3.8) is 0 Å². The van der Waals surface area contributed by atoms with Gasteiger partial charge in [0, 0.05) is 35.4 Å². The number of aromatic nitrogens is 2. The van der Waals surface area contributed by atoms with E-state index in [0.29, 0.717) is 19.5 Å². The number of ether oxygens (including phenoxy) is 2. The van der Waals surface area contributed by atoms with Gasteiger partial charge < -0.3 is 19.4 Å². The van der Waals surface area contributed by atoms with Crippen molar-refractivity contribution in [1.29, 1.82) is 0 Å². The number of benzene rings is 1. The van der Waals surface area contributed by atoms with Gasteiger partial charge in [0.2, 0.25) is 0 Å². The zero-order valence-corrected chi connectivity index (χ0v) is 15.8. The molecule has 4 rings (SSSR count). The molecule has 6 nitrogen and oxygen atoms in total. The second kappa shape index (κ2) is 6.61. The van der Waals surface area contributed by atoms with Gasteiger partial charge in [-0.25, -0.2) is 4.79 Å². The van der Waals surface area contributed by atoms with Gasteiger partial charge in [-0.05, 0) is 57.0 Å². The highest BCUT2D eigenvalue weighted by Gasteiger charge is 2.27. The number of hydrogen-bond donors (Lipinski definition) is 1. The van der Waals surface area contributed by atoms with Crippen LogP contribution in [0.5, 0.6) is 11.5 Å². The summed E-state index contributed by atoms with van der Waals surface area (Å²) in [7, 11) is 0. The molecule has 140 valence electrons. The third kappa shape index (κ3) is 3.74. The SMILES string of the molecule is CC(C)(C)OC(=O)N1CCc2c(cncc2Oc2ccc3[nH]ccc3c2)C1. The molecule has 0 radical (unpaired) electrons. The molecule has 6 heteroatoms. The standard InChI is InChI=1S/C21H23N3O3/c1-21(2,3)27-20(25)24-9-7-17-15(13-24)11-22-12-19(17)26-16-4-5-18-14(10-16)6-8-23-18/h4-6,8,10-12,23H,7,9,13H2,1-3H3. The molecule has 0 bridgehead atoms. The van der Waals surface area contributed by atoms with Crippen LogP contribution < -0.4 is 4.74 Å². The number of fused-ring (bicyclic) bond motifs is 2. The maximum atomic E-state index is 12.3. The van der Waals surface area contributed by atoms with E-state index in [-0.39, 0.29) is 6.09 Å². The number of H-pyrrole nitrogens is 1. The molecule has 2 aromatic heterocycles. The molecule has 1 aromatic carbocycles. The minimum Gasteiger partial charge on any atom is -0.455 e. The Bertz CT molecular complexity index is 988. The average Bonchev–Trinajstić information content (AvgIpc) is 3.08. The van der Waals surface area contributed by atoms with E-state index < -0.39 is 5.60 Å². The fourth-order valence-electron chi connectivity index (χ4n) is 3.25. The molecule has 1 aliphatic rings. The lowest BCUT2D eigenvalue weighted by atomic mass is 10.0. The number of aromatic amines is 1. The maximum absolute atomic E-state index is 12.3. The van der Waals surface area contributed by atoms with Crippen LogP contribution in [0.1, 0.15) is 31.9 Å². The monoisotopic (exact) mass is 365 g/mol. The first-order chi connectivity index (χ1) is 12.9. The van der Waals surface area contributed by atoms with Crippen molar-refractivity contribution >= 4 is 17.0 Å². The van der Waals surface area contributed by atoms with Crippen molar-refractivity contribution in [2.45, 2.75) is 39.3 Å². The second-order valence-electron chi connectivity index (χ2n) is 7.76. The maximum Gasteiger partial charge on any atom is 0.410 e. The third-order valence-electron chi connectivity index (χ3n) is 4.50. The van der Waals surface area contributed by atoms with E-state index in [0.717, 1.165) is 33.5 Å². The molecule has 0 atom stereocenters. The molecule has 27 heavy (non-hydrogen) atoms. The molecule has 3 aromatic rings. The van der Waals surface area contributed by atoms with Crippen LogP contribution >= 0.6 is 0 Å². The summed E-state index contributed by atoms with van der Waals surface area (Å²) in [4.78, 5) is 21.5. The number of nitrogens with one attached hydrogen (secondary N) is 1. The van der Waals surface area contributed by atoms with Crippen molar-refractivity contribution in [2.24, 2.45) is 0 Å². The van der Waals surface area contributed by atoms with Crippen molar-refractivity contribution in [3.05, 3.63) is 54.0 Å². The lowest BCUT2D eigenvalue weighted by molar-refractivity contribution is 0.0223. The quantitative estimate of drug-likeness (QED) is 0.718. The molecule has 0 aliphatic carbocycles. The van der Waals surface area contributed by atoms with Gasteiger partial charge in [-0.3, -0.25) is 4.98 Å². The van der Waals surface area contributed by atoms with Gasteiger partial charge in [-0.2, -0.15) is 0 Å². The van der Waals surface area contributed by atoms with E-state index in [4.69, 9.17) is 9.47 Å². The van der Waals surface area contributed by atoms with Gasteiger partial charge >= 0.3 is 6.09 Å². The van der Waals surface area contributed by atoms with Gasteiger partial charge in [0.1, 0.15) is 17.1 Å². The third-order valence-corrected chi connectivity index (χ3v) is 4.50. The molecule has 1 aliphatic heterocycles. The largest absolute Gasteiger partial charge is 0.455 e. The molecule has 0 saturated carbocycles. The van der Waals surface area contributed by atoms with E-state index in [1.54, 1.807) is 17.3 Å². The average molecular weight is 365 g/mol. The molecular formula is C21H23N3O3. The predicted molar refractivity (Wildman–Crippen MR) is 103 cm³/mol. The summed E-state index contributed by atoms with van der Waals surface area (Å²) in [5, 5.41) is 1.10. The molecule has 0 fully saturated rings. The van der Waals surface area contributed by atoms with Crippen molar-refractivity contribution < 1.29 is 14.3 Å². The number of pyridine rings is 1. The van der Waals surface area contributed by atoms with Crippen LogP contribution in [0, 0.1) is 0 Å². The first-order valence-electron chi connectivity index (χ1n) is 9.08. The Morgan fingerprint density at radius 3 is 2.89 bits per heavy atom. The Hall–Kier alpha value is -3.02. The molecule has 0 spiro atoms. The summed E-state index contributed by atoms with van der Waals surface area (Å²) in [5.74, 6) is 1.51. The number of hydrogen-bond acceptors (Lipinski definition) is 4. The van der Waals surface area contributed by atoms with E-state index >= 15 is 0 Å². The van der Waals surface area contributed by atoms with Crippen LogP contribution in [0.2, 0.25) is 0 Å². The summed E-state index contributed by atoms with van der Waals surface area (Å²) in [5.41, 5.74) is 2.66. The van der Waals surface area contributed by atoms with E-state index in [1.807, 2.05) is 51.2 Å². The number of carbonyl (C=O) groups is 1. The topological polar surface area (TPSA) is 67.4 Å². The summed E-state index contributed by atoms with van der Waals surface area (Å²) in [6.45, 7) is 6.69. The van der Waals surface area contributed by atoms with Crippen molar-refractivity contribution in [1.82, 2.24) is 14.9 Å². The van der Waals surface area contributed by atoms with Gasteiger partial charge in [-0.15, -0.1) is 0 Å². The van der Waals surface area contributed by atoms with E-state index in [9.17, 15) is 4.79 Å². The van der Waals surface area contributed by atoms with E-state index in [1.165, 1.54) is 0 Å². The van der Waals surface area contributed by atoms with Crippen molar-refractivity contribution in [3.8, 4) is 11.5 Å². The molecule has 0 saturated heterocycles. The summed E-state index contributed by atoms with van der Waals surface area (Å²) < 4.78 is 11.6. The number of amides is 1. The second-order valence-corrected chi connectivity index (χ2v) is 7.76. The Balaban J connectivity index is 1.54. The lowest BCUT2D eigenvalue weighted by Gasteiger charge is -2.31. The highest BCUT2D eigenvalue weighted by molar-refractivity contribution is 5.80. The molecule has 0 unspecified atom stereocenters. The van der Waals surface area contributed by atoms with Gasteiger partial charge in [0.15, 0.2) is 0 Å². The fraction of sp³-hybridized carbons (Fsp3) is 0.333. The predicted octanol–water partition coefficient (Wildman–Crippen LogP) is 4.65. The van der Waals surface area contributed by atoms with Gasteiger partial charge in [0.25, 0.3) is 0 Å². The molecule has 1 N–H and O–H groups in total. The Morgan fingerprint density at radius 1 is 1.22 bits per heavy atom. The van der Waals surface area contributed by atoms with Crippen molar-refractivity contribution in [2.75, 3.05) is 6.54 Å². The Morgan fingerprint density at radius 2 is 2.07 bits per heavy atom. The summed E-state index contributed by atoms with van der Waals surface area (Å²) in [6, 6.07) is 7.95. The minimum atomic E-state index is -0.503. The number of rotatable bonds is 2. The van der Waals surface area contributed by atoms with Crippen LogP contribution in [0.3, 0.4) is 0 Å². The van der Waals surface area contributed by atoms with Crippen LogP contribution in [0.4, 0.5) is 4.79 Å². The first kappa shape index (κ1) is 17.4. The zero-order chi connectivity index (χ0) is 19.0. The van der Waals surface area contributed by atoms with Gasteiger partial charge in [0.05, 0.1) is 12.7 Å².